The largest absolute Gasteiger partial charge is 0.466 e. The van der Waals surface area contributed by atoms with Crippen LogP contribution in [-0.2, 0) is 28.6 Å². The topological polar surface area (TPSA) is 118 Å². The van der Waals surface area contributed by atoms with Crippen molar-refractivity contribution in [3.05, 3.63) is 62.6 Å². The van der Waals surface area contributed by atoms with Gasteiger partial charge >= 0.3 is 140 Å². The van der Waals surface area contributed by atoms with E-state index in [1.54, 1.807) is 38.9 Å². The summed E-state index contributed by atoms with van der Waals surface area (Å²) in [5.74, 6) is 2.02. The van der Waals surface area contributed by atoms with Crippen LogP contribution in [0.5, 0.6) is 0 Å². The van der Waals surface area contributed by atoms with E-state index in [0.717, 1.165) is 51.4 Å². The molecule has 6 rings (SSSR count). The molecule has 0 spiro atoms. The van der Waals surface area contributed by atoms with Gasteiger partial charge in [0.2, 0.25) is 0 Å². The van der Waals surface area contributed by atoms with Crippen molar-refractivity contribution in [2.45, 2.75) is 190 Å². The summed E-state index contributed by atoms with van der Waals surface area (Å²) in [5, 5.41) is 0. The van der Waals surface area contributed by atoms with Crippen LogP contribution >= 0.6 is 34.0 Å². The van der Waals surface area contributed by atoms with E-state index >= 15 is 0 Å². The fraction of sp³-hybridized carbons (Fsp3) is 0.692. The van der Waals surface area contributed by atoms with E-state index in [1.807, 2.05) is 55.5 Å². The molecule has 0 bridgehead atoms. The van der Waals surface area contributed by atoms with Gasteiger partial charge in [0, 0.05) is 49.8 Å². The van der Waals surface area contributed by atoms with Gasteiger partial charge in [0.1, 0.15) is 0 Å². The van der Waals surface area contributed by atoms with Crippen LogP contribution in [0.4, 0.5) is 0 Å². The number of hydrogen-bond donors (Lipinski definition) is 0. The number of rotatable bonds is 21. The summed E-state index contributed by atoms with van der Waals surface area (Å²) in [5.41, 5.74) is 8.67. The molecular weight excluding hydrogens is 988 g/mol. The maximum Gasteiger partial charge on any atom is 0.306 e. The average molecular weight is 1070 g/mol. The minimum Gasteiger partial charge on any atom is -0.466 e. The zero-order valence-electron chi connectivity index (χ0n) is 41.7. The van der Waals surface area contributed by atoms with Crippen LogP contribution in [0.2, 0.25) is 13.3 Å². The van der Waals surface area contributed by atoms with Crippen LogP contribution in [0.3, 0.4) is 0 Å². The van der Waals surface area contributed by atoms with Crippen LogP contribution < -0.4 is 2.89 Å². The Balaban J connectivity index is 0.000000303. The first kappa shape index (κ1) is 59.8. The second-order valence-electron chi connectivity index (χ2n) is 18.0. The minimum atomic E-state index is -2.08. The molecular formula is C52H83BN3O6S3Sn. The Morgan fingerprint density at radius 3 is 1.48 bits per heavy atom. The standard InChI is InChI=1S/C13H19NO2S.C13H17NO2S.C11H18O2.3C4H9.C3H2NS.B.Sn/c2*1-2-16-13(15)7-10-3-5-11(6-4-10)12-8-14-9-17-12;1-3-13-11(12)8-10-6-4-9(2)5-7-10;3*1-3-4-2;1-2-5-3-4-1;;/h8-11H,2-7H2,1H3;5,8-10H,2-4,6-7H2,1H3;4,10H,3,5-8H2,1-2H3;3*1,3-4H2,2H3;1,3H;;. The van der Waals surface area contributed by atoms with Gasteiger partial charge in [-0.25, -0.2) is 0 Å². The molecule has 0 N–H and O–H groups in total. The number of ether oxygens (including phenoxy) is 3. The summed E-state index contributed by atoms with van der Waals surface area (Å²) in [6.07, 6.45) is 31.9. The number of carbonyl (C=O) groups is 3. The van der Waals surface area contributed by atoms with Gasteiger partial charge in [-0.15, -0.1) is 22.7 Å². The minimum absolute atomic E-state index is 0. The van der Waals surface area contributed by atoms with Crippen molar-refractivity contribution in [2.24, 2.45) is 17.8 Å². The first-order chi connectivity index (χ1) is 31.6. The number of allylic oxidation sites excluding steroid dienone is 4. The normalized spacial score (nSPS) is 19.1. The number of esters is 3. The first-order valence-corrected chi connectivity index (χ1v) is 35.2. The van der Waals surface area contributed by atoms with Gasteiger partial charge in [0.25, 0.3) is 0 Å². The fourth-order valence-corrected chi connectivity index (χ4v) is 29.9. The summed E-state index contributed by atoms with van der Waals surface area (Å²) in [6.45, 7) is 16.2. The number of thiazole rings is 3. The monoisotopic (exact) mass is 1070 g/mol. The molecule has 1 fully saturated rings. The number of hydrogen-bond acceptors (Lipinski definition) is 12. The van der Waals surface area contributed by atoms with Gasteiger partial charge in [0.05, 0.1) is 30.8 Å². The van der Waals surface area contributed by atoms with Crippen LogP contribution in [0.25, 0.3) is 5.57 Å². The Morgan fingerprint density at radius 2 is 1.08 bits per heavy atom. The second kappa shape index (κ2) is 35.7. The molecule has 2 atom stereocenters. The Labute approximate surface area is 417 Å². The van der Waals surface area contributed by atoms with Crippen molar-refractivity contribution >= 4 is 87.2 Å². The molecule has 9 nitrogen and oxygen atoms in total. The zero-order chi connectivity index (χ0) is 47.1. The van der Waals surface area contributed by atoms with Crippen molar-refractivity contribution in [3.63, 3.8) is 0 Å². The van der Waals surface area contributed by atoms with Crippen LogP contribution in [0, 0.1) is 17.8 Å². The molecule has 3 heterocycles. The third-order valence-corrected chi connectivity index (χ3v) is 33.8. The molecule has 1 saturated carbocycles. The van der Waals surface area contributed by atoms with Crippen molar-refractivity contribution in [1.82, 2.24) is 15.0 Å². The predicted molar refractivity (Wildman–Crippen MR) is 281 cm³/mol. The Hall–Kier alpha value is -2.36. The molecule has 3 aliphatic carbocycles. The number of aromatic nitrogens is 3. The van der Waals surface area contributed by atoms with Gasteiger partial charge < -0.3 is 14.2 Å². The van der Waals surface area contributed by atoms with Gasteiger partial charge in [-0.1, -0.05) is 17.7 Å². The molecule has 367 valence electrons. The van der Waals surface area contributed by atoms with E-state index in [0.29, 0.717) is 62.8 Å². The molecule has 66 heavy (non-hydrogen) atoms. The Kier molecular flexibility index (Phi) is 32.3. The zero-order valence-corrected chi connectivity index (χ0v) is 47.0. The van der Waals surface area contributed by atoms with E-state index < -0.39 is 18.4 Å². The number of unbranched alkanes of at least 4 members (excludes halogenated alkanes) is 3. The van der Waals surface area contributed by atoms with Crippen LogP contribution in [-0.4, -0.2) is 79.5 Å². The molecule has 3 aliphatic rings. The van der Waals surface area contributed by atoms with E-state index in [-0.39, 0.29) is 26.3 Å². The summed E-state index contributed by atoms with van der Waals surface area (Å²) < 4.78 is 21.3. The summed E-state index contributed by atoms with van der Waals surface area (Å²) in [6, 6.07) is 0. The summed E-state index contributed by atoms with van der Waals surface area (Å²) in [4.78, 5) is 49.2. The van der Waals surface area contributed by atoms with Gasteiger partial charge in [-0.05, 0) is 121 Å². The Bertz CT molecular complexity index is 1740. The van der Waals surface area contributed by atoms with E-state index in [9.17, 15) is 14.4 Å². The van der Waals surface area contributed by atoms with Gasteiger partial charge in [-0.3, -0.25) is 24.4 Å². The molecule has 3 aromatic rings. The molecule has 3 aromatic heterocycles. The van der Waals surface area contributed by atoms with Crippen molar-refractivity contribution in [1.29, 1.82) is 0 Å². The number of nitrogens with zero attached hydrogens (tertiary/aromatic N) is 3. The SMILES string of the molecule is CCC[CH2][Sn]([CH2]CCC)([CH2]CCC)[c]1cncs1.CCOC(=O)CC1CC=C(C)CC1.CCOC(=O)CC1CC=C(c2cncs2)CC1.CCOC(=O)CC1CCC(c2cncs2)CC1.[B]. The Morgan fingerprint density at radius 1 is 0.591 bits per heavy atom. The van der Waals surface area contributed by atoms with Gasteiger partial charge in [-0.2, -0.15) is 0 Å². The predicted octanol–water partition coefficient (Wildman–Crippen LogP) is 14.2. The van der Waals surface area contributed by atoms with Crippen LogP contribution in [0.15, 0.2) is 52.8 Å². The second-order valence-corrected chi connectivity index (χ2v) is 34.9. The van der Waals surface area contributed by atoms with Crippen molar-refractivity contribution in [2.75, 3.05) is 19.8 Å². The molecule has 0 aliphatic heterocycles. The molecule has 3 radical (unpaired) electrons. The third kappa shape index (κ3) is 23.3. The number of carbonyl (C=O) groups excluding carboxylic acids is 3. The molecule has 14 heteroatoms. The van der Waals surface area contributed by atoms with Crippen LogP contribution in [0.1, 0.15) is 186 Å². The third-order valence-electron chi connectivity index (χ3n) is 13.0. The quantitative estimate of drug-likeness (QED) is 0.0445. The van der Waals surface area contributed by atoms with Crippen molar-refractivity contribution < 1.29 is 28.6 Å². The first-order valence-electron chi connectivity index (χ1n) is 25.1. The van der Waals surface area contributed by atoms with E-state index in [1.165, 1.54) is 72.3 Å². The molecule has 2 unspecified atom stereocenters. The fourth-order valence-electron chi connectivity index (χ4n) is 9.09. The molecule has 0 amide bonds. The molecule has 0 aromatic carbocycles. The van der Waals surface area contributed by atoms with E-state index in [2.05, 4.69) is 66.5 Å². The smallest absolute Gasteiger partial charge is 0.306 e. The average Bonchev–Trinajstić information content (AvgIpc) is 4.15. The summed E-state index contributed by atoms with van der Waals surface area (Å²) in [7, 11) is 0. The van der Waals surface area contributed by atoms with Crippen molar-refractivity contribution in [3.8, 4) is 0 Å². The summed E-state index contributed by atoms with van der Waals surface area (Å²) >= 11 is 3.32. The molecule has 0 saturated heterocycles. The van der Waals surface area contributed by atoms with Gasteiger partial charge in [0.15, 0.2) is 0 Å². The maximum atomic E-state index is 11.4. The van der Waals surface area contributed by atoms with E-state index in [4.69, 9.17) is 14.2 Å². The maximum absolute atomic E-state index is 11.4.